The minimum Gasteiger partial charge on any atom is -0.406 e. The van der Waals surface area contributed by atoms with Gasteiger partial charge in [0.05, 0.1) is 15.7 Å². The van der Waals surface area contributed by atoms with Crippen LogP contribution in [0.2, 0.25) is 10.0 Å². The molecule has 0 atom stereocenters. The van der Waals surface area contributed by atoms with Gasteiger partial charge in [-0.3, -0.25) is 0 Å². The van der Waals surface area contributed by atoms with Crippen molar-refractivity contribution >= 4 is 40.7 Å². The summed E-state index contributed by atoms with van der Waals surface area (Å²) in [6.07, 6.45) is -3.94. The van der Waals surface area contributed by atoms with E-state index >= 15 is 0 Å². The smallest absolute Gasteiger partial charge is 0.406 e. The second-order valence-corrected chi connectivity index (χ2v) is 8.19. The average molecular weight is 500 g/mol. The van der Waals surface area contributed by atoms with Crippen molar-refractivity contribution in [1.82, 2.24) is 14.9 Å². The van der Waals surface area contributed by atoms with E-state index in [2.05, 4.69) is 30.2 Å². The zero-order valence-electron chi connectivity index (χ0n) is 17.9. The molecular weight excluding hydrogens is 478 g/mol. The van der Waals surface area contributed by atoms with Crippen molar-refractivity contribution in [3.05, 3.63) is 58.6 Å². The van der Waals surface area contributed by atoms with Crippen LogP contribution in [0, 0.1) is 0 Å². The molecule has 0 saturated heterocycles. The van der Waals surface area contributed by atoms with E-state index in [1.54, 1.807) is 30.3 Å². The summed E-state index contributed by atoms with van der Waals surface area (Å²) in [4.78, 5) is 11.0. The van der Waals surface area contributed by atoms with Crippen molar-refractivity contribution in [2.75, 3.05) is 37.8 Å². The number of nitrogens with one attached hydrogen (secondary N) is 2. The number of aromatic nitrogens is 2. The lowest BCUT2D eigenvalue weighted by atomic mass is 10.1. The molecule has 0 aliphatic carbocycles. The Morgan fingerprint density at radius 2 is 1.79 bits per heavy atom. The third-order valence-corrected chi connectivity index (χ3v) is 5.09. The van der Waals surface area contributed by atoms with Gasteiger partial charge in [0.2, 0.25) is 5.95 Å². The minimum atomic E-state index is -4.79. The van der Waals surface area contributed by atoms with Gasteiger partial charge >= 0.3 is 6.36 Å². The Bertz CT molecular complexity index is 1100. The second-order valence-electron chi connectivity index (χ2n) is 7.38. The van der Waals surface area contributed by atoms with E-state index in [-0.39, 0.29) is 5.75 Å². The van der Waals surface area contributed by atoms with Crippen molar-refractivity contribution in [2.45, 2.75) is 12.8 Å². The van der Waals surface area contributed by atoms with Crippen molar-refractivity contribution in [3.63, 3.8) is 0 Å². The standard InChI is InChI=1S/C22H22Cl2F3N5O/c1-32(2)10-4-9-28-21-30-19(14-5-3-6-16(11-14)33-22(25,26)27)13-20(31-21)29-15-7-8-17(23)18(24)12-15/h3,5-8,11-13H,4,9-10H2,1-2H3,(H2,28,29,30,31). The Balaban J connectivity index is 1.91. The van der Waals surface area contributed by atoms with Crippen LogP contribution in [0.3, 0.4) is 0 Å². The molecular formula is C22H22Cl2F3N5O. The molecule has 0 aliphatic heterocycles. The first-order chi connectivity index (χ1) is 15.6. The zero-order valence-corrected chi connectivity index (χ0v) is 19.4. The van der Waals surface area contributed by atoms with Gasteiger partial charge in [0.25, 0.3) is 0 Å². The third kappa shape index (κ3) is 7.96. The molecule has 2 aromatic carbocycles. The summed E-state index contributed by atoms with van der Waals surface area (Å²) in [6.45, 7) is 1.49. The number of alkyl halides is 3. The molecule has 0 unspecified atom stereocenters. The van der Waals surface area contributed by atoms with E-state index in [0.29, 0.717) is 45.3 Å². The molecule has 3 rings (SSSR count). The van der Waals surface area contributed by atoms with Gasteiger partial charge in [-0.2, -0.15) is 4.98 Å². The van der Waals surface area contributed by atoms with Crippen LogP contribution in [0.1, 0.15) is 6.42 Å². The SMILES string of the molecule is CN(C)CCCNc1nc(Nc2ccc(Cl)c(Cl)c2)cc(-c2cccc(OC(F)(F)F)c2)n1. The molecule has 0 spiro atoms. The fourth-order valence-corrected chi connectivity index (χ4v) is 3.21. The molecule has 3 aromatic rings. The predicted octanol–water partition coefficient (Wildman–Crippen LogP) is 6.46. The minimum absolute atomic E-state index is 0.330. The first kappa shape index (κ1) is 24.9. The molecule has 0 amide bonds. The number of benzene rings is 2. The second kappa shape index (κ2) is 10.9. The molecule has 2 N–H and O–H groups in total. The summed E-state index contributed by atoms with van der Waals surface area (Å²) in [6, 6.07) is 12.3. The summed E-state index contributed by atoms with van der Waals surface area (Å²) in [5.74, 6) is 0.421. The maximum atomic E-state index is 12.6. The lowest BCUT2D eigenvalue weighted by Gasteiger charge is -2.14. The summed E-state index contributed by atoms with van der Waals surface area (Å²) in [5.41, 5.74) is 1.49. The van der Waals surface area contributed by atoms with Crippen LogP contribution in [-0.4, -0.2) is 48.4 Å². The number of nitrogens with zero attached hydrogens (tertiary/aromatic N) is 3. The highest BCUT2D eigenvalue weighted by Gasteiger charge is 2.31. The predicted molar refractivity (Wildman–Crippen MR) is 126 cm³/mol. The topological polar surface area (TPSA) is 62.3 Å². The van der Waals surface area contributed by atoms with Gasteiger partial charge in [-0.25, -0.2) is 4.98 Å². The van der Waals surface area contributed by atoms with Crippen LogP contribution in [0.4, 0.5) is 30.6 Å². The maximum absolute atomic E-state index is 12.6. The summed E-state index contributed by atoms with van der Waals surface area (Å²) < 4.78 is 42.0. The van der Waals surface area contributed by atoms with E-state index in [1.807, 2.05) is 14.1 Å². The molecule has 1 aromatic heterocycles. The molecule has 0 fully saturated rings. The maximum Gasteiger partial charge on any atom is 0.573 e. The summed E-state index contributed by atoms with van der Waals surface area (Å²) >= 11 is 12.1. The number of anilines is 3. The Kier molecular flexibility index (Phi) is 8.23. The van der Waals surface area contributed by atoms with E-state index in [1.165, 1.54) is 18.2 Å². The highest BCUT2D eigenvalue weighted by Crippen LogP contribution is 2.30. The van der Waals surface area contributed by atoms with Crippen molar-refractivity contribution in [2.24, 2.45) is 0 Å². The molecule has 1 heterocycles. The highest BCUT2D eigenvalue weighted by molar-refractivity contribution is 6.42. The van der Waals surface area contributed by atoms with Crippen LogP contribution in [-0.2, 0) is 0 Å². The van der Waals surface area contributed by atoms with E-state index < -0.39 is 6.36 Å². The monoisotopic (exact) mass is 499 g/mol. The molecule has 0 radical (unpaired) electrons. The van der Waals surface area contributed by atoms with Gasteiger partial charge in [0, 0.05) is 23.9 Å². The molecule has 6 nitrogen and oxygen atoms in total. The number of hydrogen-bond donors (Lipinski definition) is 2. The highest BCUT2D eigenvalue weighted by atomic mass is 35.5. The number of halogens is 5. The summed E-state index contributed by atoms with van der Waals surface area (Å²) in [5, 5.41) is 7.08. The van der Waals surface area contributed by atoms with Gasteiger partial charge in [-0.1, -0.05) is 35.3 Å². The lowest BCUT2D eigenvalue weighted by molar-refractivity contribution is -0.274. The van der Waals surface area contributed by atoms with Gasteiger partial charge in [0.15, 0.2) is 0 Å². The lowest BCUT2D eigenvalue weighted by Crippen LogP contribution is -2.17. The molecule has 176 valence electrons. The number of hydrogen-bond acceptors (Lipinski definition) is 6. The Morgan fingerprint density at radius 1 is 1.00 bits per heavy atom. The first-order valence-electron chi connectivity index (χ1n) is 9.95. The Morgan fingerprint density at radius 3 is 2.48 bits per heavy atom. The molecule has 0 aliphatic rings. The van der Waals surface area contributed by atoms with Crippen LogP contribution in [0.15, 0.2) is 48.5 Å². The van der Waals surface area contributed by atoms with Gasteiger partial charge in [0.1, 0.15) is 11.6 Å². The Labute approximate surface area is 199 Å². The fraction of sp³-hybridized carbons (Fsp3) is 0.273. The third-order valence-electron chi connectivity index (χ3n) is 4.35. The van der Waals surface area contributed by atoms with E-state index in [0.717, 1.165) is 13.0 Å². The van der Waals surface area contributed by atoms with Gasteiger partial charge < -0.3 is 20.3 Å². The van der Waals surface area contributed by atoms with Crippen LogP contribution < -0.4 is 15.4 Å². The van der Waals surface area contributed by atoms with Crippen LogP contribution >= 0.6 is 23.2 Å². The van der Waals surface area contributed by atoms with Gasteiger partial charge in [-0.05, 0) is 57.4 Å². The van der Waals surface area contributed by atoms with Crippen molar-refractivity contribution in [3.8, 4) is 17.0 Å². The van der Waals surface area contributed by atoms with Crippen molar-refractivity contribution < 1.29 is 17.9 Å². The van der Waals surface area contributed by atoms with Crippen molar-refractivity contribution in [1.29, 1.82) is 0 Å². The quantitative estimate of drug-likeness (QED) is 0.329. The first-order valence-corrected chi connectivity index (χ1v) is 10.7. The van der Waals surface area contributed by atoms with E-state index in [4.69, 9.17) is 23.2 Å². The van der Waals surface area contributed by atoms with E-state index in [9.17, 15) is 13.2 Å². The van der Waals surface area contributed by atoms with Crippen LogP contribution in [0.5, 0.6) is 5.75 Å². The van der Waals surface area contributed by atoms with Crippen LogP contribution in [0.25, 0.3) is 11.3 Å². The normalized spacial score (nSPS) is 11.5. The summed E-state index contributed by atoms with van der Waals surface area (Å²) in [7, 11) is 3.96. The van der Waals surface area contributed by atoms with Gasteiger partial charge in [-0.15, -0.1) is 13.2 Å². The fourth-order valence-electron chi connectivity index (χ4n) is 2.91. The Hall–Kier alpha value is -2.75. The average Bonchev–Trinajstić information content (AvgIpc) is 2.73. The molecule has 33 heavy (non-hydrogen) atoms. The zero-order chi connectivity index (χ0) is 24.0. The molecule has 11 heteroatoms. The number of rotatable bonds is 9. The molecule has 0 saturated carbocycles. The largest absolute Gasteiger partial charge is 0.573 e. The number of ether oxygens (including phenoxy) is 1. The molecule has 0 bridgehead atoms.